The number of ether oxygens (including phenoxy) is 1. The van der Waals surface area contributed by atoms with E-state index in [0.29, 0.717) is 6.61 Å². The van der Waals surface area contributed by atoms with Gasteiger partial charge >= 0.3 is 0 Å². The number of hydrogen-bond acceptors (Lipinski definition) is 2. The lowest BCUT2D eigenvalue weighted by Crippen LogP contribution is -2.01. The van der Waals surface area contributed by atoms with Crippen molar-refractivity contribution in [2.24, 2.45) is 0 Å². The zero-order chi connectivity index (χ0) is 14.4. The van der Waals surface area contributed by atoms with E-state index in [9.17, 15) is 0 Å². The summed E-state index contributed by atoms with van der Waals surface area (Å²) in [6, 6.07) is 14.7. The summed E-state index contributed by atoms with van der Waals surface area (Å²) in [5.74, 6) is 0.946. The average Bonchev–Trinajstić information content (AvgIpc) is 2.67. The topological polar surface area (TPSA) is 22.1 Å². The number of aryl methyl sites for hydroxylation is 2. The molecular weight excluding hydrogens is 258 g/mol. The highest BCUT2D eigenvalue weighted by Gasteiger charge is 2.20. The standard InChI is InChI=1S/C19H17NO/c1-12-7-8-18-16(11-12)19-15(9-10-21-18)13(2)14-5-3-4-6-17(14)20-19/h3-8,11H,9-10H2,1-2H3. The van der Waals surface area contributed by atoms with E-state index in [1.54, 1.807) is 0 Å². The van der Waals surface area contributed by atoms with E-state index < -0.39 is 0 Å². The zero-order valence-corrected chi connectivity index (χ0v) is 12.3. The van der Waals surface area contributed by atoms with E-state index in [1.807, 2.05) is 6.07 Å². The molecule has 0 bridgehead atoms. The highest BCUT2D eigenvalue weighted by atomic mass is 16.5. The molecule has 3 aromatic rings. The third-order valence-electron chi connectivity index (χ3n) is 4.28. The molecule has 0 radical (unpaired) electrons. The van der Waals surface area contributed by atoms with Crippen molar-refractivity contribution >= 4 is 10.9 Å². The van der Waals surface area contributed by atoms with Gasteiger partial charge in [0.1, 0.15) is 5.75 Å². The van der Waals surface area contributed by atoms with Crippen molar-refractivity contribution in [2.45, 2.75) is 20.3 Å². The quantitative estimate of drug-likeness (QED) is 0.604. The SMILES string of the molecule is Cc1ccc2c(c1)-c1nc3ccccc3c(C)c1CCO2. The van der Waals surface area contributed by atoms with Crippen LogP contribution in [0.5, 0.6) is 5.75 Å². The number of rotatable bonds is 0. The Hall–Kier alpha value is -2.35. The van der Waals surface area contributed by atoms with Crippen LogP contribution in [-0.4, -0.2) is 11.6 Å². The van der Waals surface area contributed by atoms with E-state index in [1.165, 1.54) is 22.1 Å². The number of para-hydroxylation sites is 1. The van der Waals surface area contributed by atoms with Gasteiger partial charge in [-0.05, 0) is 43.2 Å². The fourth-order valence-corrected chi connectivity index (χ4v) is 3.16. The Morgan fingerprint density at radius 3 is 2.81 bits per heavy atom. The molecule has 0 amide bonds. The lowest BCUT2D eigenvalue weighted by Gasteiger charge is -2.13. The second-order valence-corrected chi connectivity index (χ2v) is 5.68. The van der Waals surface area contributed by atoms with Gasteiger partial charge in [-0.15, -0.1) is 0 Å². The summed E-state index contributed by atoms with van der Waals surface area (Å²) in [5.41, 5.74) is 7.14. The minimum atomic E-state index is 0.712. The molecule has 2 aromatic carbocycles. The minimum absolute atomic E-state index is 0.712. The van der Waals surface area contributed by atoms with Gasteiger partial charge in [0.25, 0.3) is 0 Å². The number of pyridine rings is 1. The van der Waals surface area contributed by atoms with Gasteiger partial charge in [-0.2, -0.15) is 0 Å². The Morgan fingerprint density at radius 2 is 1.90 bits per heavy atom. The van der Waals surface area contributed by atoms with Gasteiger partial charge < -0.3 is 4.74 Å². The van der Waals surface area contributed by atoms with Crippen molar-refractivity contribution in [1.29, 1.82) is 0 Å². The molecule has 0 aliphatic carbocycles. The molecule has 1 aromatic heterocycles. The highest BCUT2D eigenvalue weighted by molar-refractivity contribution is 5.88. The molecular formula is C19H17NO. The van der Waals surface area contributed by atoms with Crippen molar-refractivity contribution < 1.29 is 4.74 Å². The van der Waals surface area contributed by atoms with E-state index in [0.717, 1.165) is 28.9 Å². The number of fused-ring (bicyclic) bond motifs is 4. The van der Waals surface area contributed by atoms with Gasteiger partial charge in [0.05, 0.1) is 17.8 Å². The van der Waals surface area contributed by atoms with Gasteiger partial charge in [-0.1, -0.05) is 29.8 Å². The van der Waals surface area contributed by atoms with E-state index in [4.69, 9.17) is 9.72 Å². The normalized spacial score (nSPS) is 13.2. The first-order valence-corrected chi connectivity index (χ1v) is 7.36. The molecule has 2 heteroatoms. The van der Waals surface area contributed by atoms with Crippen LogP contribution in [0, 0.1) is 13.8 Å². The molecule has 104 valence electrons. The van der Waals surface area contributed by atoms with Gasteiger partial charge in [-0.25, -0.2) is 4.98 Å². The fraction of sp³-hybridized carbons (Fsp3) is 0.211. The molecule has 0 saturated carbocycles. The molecule has 1 aliphatic heterocycles. The maximum absolute atomic E-state index is 5.93. The van der Waals surface area contributed by atoms with Crippen molar-refractivity contribution in [3.8, 4) is 17.0 Å². The molecule has 2 heterocycles. The molecule has 4 rings (SSSR count). The molecule has 1 aliphatic rings. The van der Waals surface area contributed by atoms with E-state index >= 15 is 0 Å². The molecule has 0 N–H and O–H groups in total. The number of benzene rings is 2. The Balaban J connectivity index is 2.10. The van der Waals surface area contributed by atoms with Crippen LogP contribution in [0.2, 0.25) is 0 Å². The van der Waals surface area contributed by atoms with Crippen molar-refractivity contribution in [3.05, 3.63) is 59.2 Å². The first-order valence-electron chi connectivity index (χ1n) is 7.36. The molecule has 0 fully saturated rings. The van der Waals surface area contributed by atoms with Gasteiger partial charge in [0, 0.05) is 17.4 Å². The summed E-state index contributed by atoms with van der Waals surface area (Å²) < 4.78 is 5.93. The first kappa shape index (κ1) is 12.4. The predicted molar refractivity (Wildman–Crippen MR) is 85.9 cm³/mol. The van der Waals surface area contributed by atoms with Crippen LogP contribution in [0.3, 0.4) is 0 Å². The summed E-state index contributed by atoms with van der Waals surface area (Å²) in [5, 5.41) is 1.24. The number of aromatic nitrogens is 1. The van der Waals surface area contributed by atoms with E-state index in [2.05, 4.69) is 50.2 Å². The van der Waals surface area contributed by atoms with Crippen LogP contribution in [-0.2, 0) is 6.42 Å². The second kappa shape index (κ2) is 4.59. The Labute approximate surface area is 124 Å². The monoisotopic (exact) mass is 275 g/mol. The average molecular weight is 275 g/mol. The van der Waals surface area contributed by atoms with Crippen LogP contribution in [0.4, 0.5) is 0 Å². The van der Waals surface area contributed by atoms with E-state index in [-0.39, 0.29) is 0 Å². The first-order chi connectivity index (χ1) is 10.2. The fourth-order valence-electron chi connectivity index (χ4n) is 3.16. The van der Waals surface area contributed by atoms with Crippen LogP contribution in [0.1, 0.15) is 16.7 Å². The minimum Gasteiger partial charge on any atom is -0.493 e. The zero-order valence-electron chi connectivity index (χ0n) is 12.3. The Kier molecular flexibility index (Phi) is 2.71. The molecule has 0 saturated heterocycles. The predicted octanol–water partition coefficient (Wildman–Crippen LogP) is 4.45. The lowest BCUT2D eigenvalue weighted by atomic mass is 9.95. The molecule has 0 spiro atoms. The Bertz CT molecular complexity index is 852. The summed E-state index contributed by atoms with van der Waals surface area (Å²) in [6.07, 6.45) is 0.909. The van der Waals surface area contributed by atoms with Crippen molar-refractivity contribution in [1.82, 2.24) is 4.98 Å². The second-order valence-electron chi connectivity index (χ2n) is 5.68. The summed E-state index contributed by atoms with van der Waals surface area (Å²) in [7, 11) is 0. The van der Waals surface area contributed by atoms with Gasteiger partial charge in [0.2, 0.25) is 0 Å². The molecule has 0 atom stereocenters. The van der Waals surface area contributed by atoms with Crippen LogP contribution in [0.15, 0.2) is 42.5 Å². The summed E-state index contributed by atoms with van der Waals surface area (Å²) in [4.78, 5) is 4.94. The molecule has 21 heavy (non-hydrogen) atoms. The molecule has 2 nitrogen and oxygen atoms in total. The van der Waals surface area contributed by atoms with Crippen molar-refractivity contribution in [3.63, 3.8) is 0 Å². The lowest BCUT2D eigenvalue weighted by molar-refractivity contribution is 0.326. The smallest absolute Gasteiger partial charge is 0.128 e. The largest absolute Gasteiger partial charge is 0.493 e. The maximum atomic E-state index is 5.93. The number of hydrogen-bond donors (Lipinski definition) is 0. The van der Waals surface area contributed by atoms with Crippen molar-refractivity contribution in [2.75, 3.05) is 6.61 Å². The highest BCUT2D eigenvalue weighted by Crippen LogP contribution is 2.37. The third-order valence-corrected chi connectivity index (χ3v) is 4.28. The molecule has 0 unspecified atom stereocenters. The Morgan fingerprint density at radius 1 is 1.05 bits per heavy atom. The van der Waals surface area contributed by atoms with Crippen LogP contribution in [0.25, 0.3) is 22.2 Å². The van der Waals surface area contributed by atoms with Crippen LogP contribution < -0.4 is 4.74 Å². The number of nitrogens with zero attached hydrogens (tertiary/aromatic N) is 1. The summed E-state index contributed by atoms with van der Waals surface area (Å²) >= 11 is 0. The van der Waals surface area contributed by atoms with Gasteiger partial charge in [-0.3, -0.25) is 0 Å². The maximum Gasteiger partial charge on any atom is 0.128 e. The summed E-state index contributed by atoms with van der Waals surface area (Å²) in [6.45, 7) is 5.02. The van der Waals surface area contributed by atoms with Gasteiger partial charge in [0.15, 0.2) is 0 Å². The van der Waals surface area contributed by atoms with Crippen LogP contribution >= 0.6 is 0 Å². The third kappa shape index (κ3) is 1.90.